The molecule has 3 rings (SSSR count). The van der Waals surface area contributed by atoms with Crippen molar-refractivity contribution >= 4 is 24.2 Å². The highest BCUT2D eigenvalue weighted by atomic mass is 32.1. The maximum Gasteiger partial charge on any atom is 0.258 e. The van der Waals surface area contributed by atoms with E-state index in [0.717, 1.165) is 18.5 Å². The third-order valence-corrected chi connectivity index (χ3v) is 4.72. The molecule has 5 nitrogen and oxygen atoms in total. The number of amides is 1. The fourth-order valence-corrected chi connectivity index (χ4v) is 3.38. The summed E-state index contributed by atoms with van der Waals surface area (Å²) in [5, 5.41) is 0. The Kier molecular flexibility index (Phi) is 6.39. The number of carbonyl (C=O) groups excluding carboxylic acids is 1. The molecule has 1 radical (unpaired) electrons. The Bertz CT molecular complexity index is 733. The first kappa shape index (κ1) is 18.6. The van der Waals surface area contributed by atoms with Crippen LogP contribution < -0.4 is 14.4 Å². The highest BCUT2D eigenvalue weighted by molar-refractivity contribution is 7.80. The van der Waals surface area contributed by atoms with Crippen LogP contribution in [-0.4, -0.2) is 36.4 Å². The van der Waals surface area contributed by atoms with Crippen LogP contribution in [0.1, 0.15) is 36.0 Å². The van der Waals surface area contributed by atoms with Crippen LogP contribution in [0.15, 0.2) is 42.7 Å². The normalized spacial score (nSPS) is 14.2. The molecule has 26 heavy (non-hydrogen) atoms. The summed E-state index contributed by atoms with van der Waals surface area (Å²) < 4.78 is 11.6. The topological polar surface area (TPSA) is 51.7 Å². The minimum absolute atomic E-state index is 0.103. The quantitative estimate of drug-likeness (QED) is 0.730. The smallest absolute Gasteiger partial charge is 0.258 e. The summed E-state index contributed by atoms with van der Waals surface area (Å²) in [5.41, 5.74) is 1.34. The van der Waals surface area contributed by atoms with Crippen LogP contribution in [0.2, 0.25) is 0 Å². The molecule has 1 aliphatic rings. The van der Waals surface area contributed by atoms with Gasteiger partial charge in [-0.05, 0) is 49.9 Å². The molecule has 2 aromatic rings. The van der Waals surface area contributed by atoms with Crippen molar-refractivity contribution in [2.75, 3.05) is 24.3 Å². The van der Waals surface area contributed by atoms with Gasteiger partial charge in [0.2, 0.25) is 0 Å². The Morgan fingerprint density at radius 1 is 1.19 bits per heavy atom. The van der Waals surface area contributed by atoms with E-state index in [0.29, 0.717) is 29.4 Å². The molecule has 1 fully saturated rings. The van der Waals surface area contributed by atoms with Crippen molar-refractivity contribution in [3.8, 4) is 11.5 Å². The van der Waals surface area contributed by atoms with E-state index in [-0.39, 0.29) is 12.0 Å². The molecular formula is C20H23N2O3S. The molecule has 1 aliphatic carbocycles. The lowest BCUT2D eigenvalue weighted by atomic mass is 10.2. The minimum Gasteiger partial charge on any atom is -0.493 e. The number of pyridine rings is 1. The first-order valence-electron chi connectivity index (χ1n) is 8.87. The van der Waals surface area contributed by atoms with E-state index in [1.807, 2.05) is 18.2 Å². The molecular weight excluding hydrogens is 348 g/mol. The first-order chi connectivity index (χ1) is 12.7. The second-order valence-corrected chi connectivity index (χ2v) is 6.66. The van der Waals surface area contributed by atoms with E-state index in [1.54, 1.807) is 36.5 Å². The number of carbonyl (C=O) groups is 1. The average molecular weight is 371 g/mol. The molecule has 0 bridgehead atoms. The molecule has 0 aliphatic heterocycles. The van der Waals surface area contributed by atoms with Crippen LogP contribution in [0.5, 0.6) is 11.5 Å². The van der Waals surface area contributed by atoms with Gasteiger partial charge in [-0.15, -0.1) is 0 Å². The van der Waals surface area contributed by atoms with Gasteiger partial charge in [0.25, 0.3) is 5.91 Å². The van der Waals surface area contributed by atoms with E-state index in [4.69, 9.17) is 22.1 Å². The molecule has 1 aromatic carbocycles. The van der Waals surface area contributed by atoms with Crippen molar-refractivity contribution in [1.82, 2.24) is 4.98 Å². The lowest BCUT2D eigenvalue weighted by molar-refractivity contribution is 0.0988. The van der Waals surface area contributed by atoms with Gasteiger partial charge in [-0.3, -0.25) is 9.78 Å². The molecule has 1 saturated carbocycles. The fourth-order valence-electron chi connectivity index (χ4n) is 3.20. The summed E-state index contributed by atoms with van der Waals surface area (Å²) in [6.07, 6.45) is 7.93. The van der Waals surface area contributed by atoms with Crippen molar-refractivity contribution in [3.63, 3.8) is 0 Å². The van der Waals surface area contributed by atoms with Crippen molar-refractivity contribution < 1.29 is 14.3 Å². The van der Waals surface area contributed by atoms with E-state index >= 15 is 0 Å². The lowest BCUT2D eigenvalue weighted by Gasteiger charge is -2.24. The maximum absolute atomic E-state index is 12.9. The molecule has 0 N–H and O–H groups in total. The molecule has 0 saturated heterocycles. The molecule has 0 atom stereocenters. The van der Waals surface area contributed by atoms with Crippen molar-refractivity contribution in [2.24, 2.45) is 0 Å². The average Bonchev–Trinajstić information content (AvgIpc) is 3.19. The van der Waals surface area contributed by atoms with Gasteiger partial charge >= 0.3 is 0 Å². The Hall–Kier alpha value is -2.21. The zero-order chi connectivity index (χ0) is 18.4. The van der Waals surface area contributed by atoms with Crippen LogP contribution in [-0.2, 0) is 0 Å². The molecule has 137 valence electrons. The number of hydrogen-bond acceptors (Lipinski definition) is 4. The summed E-state index contributed by atoms with van der Waals surface area (Å²) in [7, 11) is 1.62. The monoisotopic (exact) mass is 371 g/mol. The van der Waals surface area contributed by atoms with Gasteiger partial charge in [0, 0.05) is 42.0 Å². The van der Waals surface area contributed by atoms with E-state index < -0.39 is 0 Å². The molecule has 0 unspecified atom stereocenters. The number of hydrogen-bond donors (Lipinski definition) is 0. The van der Waals surface area contributed by atoms with Crippen LogP contribution in [0.3, 0.4) is 0 Å². The first-order valence-corrected chi connectivity index (χ1v) is 9.45. The van der Waals surface area contributed by atoms with Gasteiger partial charge in [0.1, 0.15) is 0 Å². The predicted octanol–water partition coefficient (Wildman–Crippen LogP) is 4.26. The molecule has 6 heteroatoms. The molecule has 0 spiro atoms. The Morgan fingerprint density at radius 2 is 1.92 bits per heavy atom. The zero-order valence-electron chi connectivity index (χ0n) is 14.9. The fraction of sp³-hybridized carbons (Fsp3) is 0.400. The Labute approximate surface area is 159 Å². The highest BCUT2D eigenvalue weighted by Gasteiger charge is 2.22. The zero-order valence-corrected chi connectivity index (χ0v) is 15.7. The highest BCUT2D eigenvalue weighted by Crippen LogP contribution is 2.35. The van der Waals surface area contributed by atoms with E-state index in [1.165, 1.54) is 12.8 Å². The Balaban J connectivity index is 1.89. The summed E-state index contributed by atoms with van der Waals surface area (Å²) in [6.45, 7) is 0.450. The number of rotatable bonds is 7. The lowest BCUT2D eigenvalue weighted by Crippen LogP contribution is -2.32. The van der Waals surface area contributed by atoms with Gasteiger partial charge in [0.15, 0.2) is 11.5 Å². The van der Waals surface area contributed by atoms with E-state index in [9.17, 15) is 4.79 Å². The summed E-state index contributed by atoms with van der Waals surface area (Å²) in [5.74, 6) is 1.69. The maximum atomic E-state index is 12.9. The predicted molar refractivity (Wildman–Crippen MR) is 104 cm³/mol. The van der Waals surface area contributed by atoms with Gasteiger partial charge in [-0.25, -0.2) is 0 Å². The van der Waals surface area contributed by atoms with Gasteiger partial charge in [0.05, 0.1) is 13.2 Å². The van der Waals surface area contributed by atoms with Crippen LogP contribution in [0.4, 0.5) is 5.69 Å². The molecule has 1 aromatic heterocycles. The van der Waals surface area contributed by atoms with Crippen LogP contribution in [0.25, 0.3) is 0 Å². The molecule has 1 heterocycles. The van der Waals surface area contributed by atoms with E-state index in [2.05, 4.69) is 4.98 Å². The van der Waals surface area contributed by atoms with Crippen molar-refractivity contribution in [1.29, 1.82) is 0 Å². The van der Waals surface area contributed by atoms with Gasteiger partial charge < -0.3 is 14.4 Å². The summed E-state index contributed by atoms with van der Waals surface area (Å²) in [4.78, 5) is 18.6. The minimum atomic E-state index is -0.103. The Morgan fingerprint density at radius 3 is 2.58 bits per heavy atom. The number of nitrogens with zero attached hydrogens (tertiary/aromatic N) is 2. The second kappa shape index (κ2) is 8.94. The number of anilines is 1. The summed E-state index contributed by atoms with van der Waals surface area (Å²) in [6, 6.07) is 9.00. The van der Waals surface area contributed by atoms with Gasteiger partial charge in [-0.2, -0.15) is 0 Å². The van der Waals surface area contributed by atoms with Crippen LogP contribution in [0, 0.1) is 0 Å². The van der Waals surface area contributed by atoms with Crippen LogP contribution >= 0.6 is 12.6 Å². The van der Waals surface area contributed by atoms with Crippen molar-refractivity contribution in [3.05, 3.63) is 48.3 Å². The largest absolute Gasteiger partial charge is 0.493 e. The number of aromatic nitrogens is 1. The summed E-state index contributed by atoms with van der Waals surface area (Å²) >= 11 is 5.13. The third kappa shape index (κ3) is 4.30. The second-order valence-electron chi connectivity index (χ2n) is 6.26. The number of ether oxygens (including phenoxy) is 2. The molecule has 1 amide bonds. The van der Waals surface area contributed by atoms with Gasteiger partial charge in [-0.1, -0.05) is 12.6 Å². The third-order valence-electron chi connectivity index (χ3n) is 4.54. The standard InChI is InChI=1S/C20H23N2O3S/c1-24-18-7-6-16(14-19(18)25-17-4-2-3-5-17)22(12-13-26)20(23)15-8-10-21-11-9-15/h6-11,14,17H,2-5,12-13H2,1H3. The van der Waals surface area contributed by atoms with Crippen molar-refractivity contribution in [2.45, 2.75) is 31.8 Å². The number of methoxy groups -OCH3 is 1. The number of benzene rings is 1. The SMILES string of the molecule is COc1ccc(N(CC[S])C(=O)c2ccncc2)cc1OC1CCCC1.